The van der Waals surface area contributed by atoms with E-state index in [2.05, 4.69) is 21.4 Å². The number of aliphatic carboxylic acids is 1. The average Bonchev–Trinajstić information content (AvgIpc) is 3.16. The molecule has 3 rings (SSSR count). The normalized spacial score (nSPS) is 23.3. The fraction of sp³-hybridized carbons (Fsp3) is 0.722. The van der Waals surface area contributed by atoms with E-state index >= 15 is 0 Å². The number of amides is 1. The minimum Gasteiger partial charge on any atom is -0.480 e. The van der Waals surface area contributed by atoms with Crippen LogP contribution in [0.15, 0.2) is 12.4 Å². The molecule has 0 aliphatic carbocycles. The number of carboxylic acid groups (broad SMARTS) is 1. The second-order valence-electron chi connectivity index (χ2n) is 7.52. The van der Waals surface area contributed by atoms with E-state index in [4.69, 9.17) is 0 Å². The number of carbonyl (C=O) groups is 2. The number of imidazole rings is 1. The zero-order chi connectivity index (χ0) is 18.0. The predicted molar refractivity (Wildman–Crippen MR) is 92.9 cm³/mol. The minimum atomic E-state index is -0.879. The fourth-order valence-corrected chi connectivity index (χ4v) is 4.29. The van der Waals surface area contributed by atoms with Crippen molar-refractivity contribution in [1.82, 2.24) is 19.4 Å². The third kappa shape index (κ3) is 3.71. The monoisotopic (exact) mass is 348 g/mol. The molecule has 7 heteroatoms. The Hall–Kier alpha value is -1.89. The molecule has 2 aliphatic heterocycles. The van der Waals surface area contributed by atoms with Crippen molar-refractivity contribution in [3.8, 4) is 0 Å². The van der Waals surface area contributed by atoms with Crippen molar-refractivity contribution in [3.05, 3.63) is 18.2 Å². The van der Waals surface area contributed by atoms with Crippen LogP contribution in [0.4, 0.5) is 0 Å². The molecule has 2 fully saturated rings. The lowest BCUT2D eigenvalue weighted by Crippen LogP contribution is -2.42. The number of nitrogens with zero attached hydrogens (tertiary/aromatic N) is 4. The van der Waals surface area contributed by atoms with Gasteiger partial charge in [0.15, 0.2) is 0 Å². The van der Waals surface area contributed by atoms with Gasteiger partial charge in [0, 0.05) is 32.4 Å². The molecule has 0 saturated carbocycles. The first-order valence-electron chi connectivity index (χ1n) is 9.16. The number of hydrogen-bond donors (Lipinski definition) is 1. The number of likely N-dealkylation sites (tertiary alicyclic amines) is 2. The number of aryl methyl sites for hydroxylation is 1. The highest BCUT2D eigenvalue weighted by Gasteiger charge is 2.49. The van der Waals surface area contributed by atoms with E-state index in [0.29, 0.717) is 13.0 Å². The van der Waals surface area contributed by atoms with Gasteiger partial charge in [-0.25, -0.2) is 9.78 Å². The summed E-state index contributed by atoms with van der Waals surface area (Å²) in [5.41, 5.74) is -0.0376. The van der Waals surface area contributed by atoms with Crippen molar-refractivity contribution in [2.45, 2.75) is 58.7 Å². The van der Waals surface area contributed by atoms with Crippen LogP contribution in [0.5, 0.6) is 0 Å². The lowest BCUT2D eigenvalue weighted by Gasteiger charge is -2.39. The predicted octanol–water partition coefficient (Wildman–Crippen LogP) is 1.58. The number of carbonyl (C=O) groups excluding carboxylic acids is 1. The summed E-state index contributed by atoms with van der Waals surface area (Å²) in [5, 5.41) is 9.44. The molecule has 7 nitrogen and oxygen atoms in total. The van der Waals surface area contributed by atoms with Gasteiger partial charge in [0.05, 0.1) is 6.54 Å². The molecule has 0 unspecified atom stereocenters. The maximum absolute atomic E-state index is 11.8. The van der Waals surface area contributed by atoms with Gasteiger partial charge in [0.25, 0.3) is 0 Å². The molecule has 25 heavy (non-hydrogen) atoms. The van der Waals surface area contributed by atoms with Crippen LogP contribution in [0.1, 0.15) is 45.4 Å². The van der Waals surface area contributed by atoms with Gasteiger partial charge in [0.1, 0.15) is 11.9 Å². The highest BCUT2D eigenvalue weighted by Crippen LogP contribution is 2.43. The van der Waals surface area contributed by atoms with Crippen molar-refractivity contribution in [3.63, 3.8) is 0 Å². The Morgan fingerprint density at radius 1 is 1.36 bits per heavy atom. The molecule has 1 aromatic rings. The number of piperidine rings is 1. The second-order valence-corrected chi connectivity index (χ2v) is 7.52. The number of rotatable bonds is 5. The molecular formula is C18H28N4O3. The number of hydrogen-bond acceptors (Lipinski definition) is 4. The van der Waals surface area contributed by atoms with Gasteiger partial charge in [-0.15, -0.1) is 0 Å². The van der Waals surface area contributed by atoms with Crippen LogP contribution in [-0.2, 0) is 22.7 Å². The summed E-state index contributed by atoms with van der Waals surface area (Å²) in [5.74, 6) is 0.0855. The zero-order valence-electron chi connectivity index (χ0n) is 15.1. The van der Waals surface area contributed by atoms with Gasteiger partial charge in [-0.3, -0.25) is 9.69 Å². The summed E-state index contributed by atoms with van der Waals surface area (Å²) < 4.78 is 2.21. The Morgan fingerprint density at radius 2 is 2.08 bits per heavy atom. The third-order valence-electron chi connectivity index (χ3n) is 5.75. The SMILES string of the molecule is CCCn1ccnc1CN1CCC2(CC1)C[C@@H](C(=O)O)N(C(C)=O)C2. The molecule has 0 aromatic carbocycles. The second kappa shape index (κ2) is 7.15. The van der Waals surface area contributed by atoms with Gasteiger partial charge in [-0.2, -0.15) is 0 Å². The first-order chi connectivity index (χ1) is 11.9. The van der Waals surface area contributed by atoms with Crippen LogP contribution >= 0.6 is 0 Å². The Balaban J connectivity index is 1.61. The van der Waals surface area contributed by atoms with E-state index in [0.717, 1.165) is 51.3 Å². The standard InChI is InChI=1S/C18H28N4O3/c1-3-7-21-10-6-19-16(21)12-20-8-4-18(5-9-20)11-15(17(24)25)22(13-18)14(2)23/h6,10,15H,3-5,7-9,11-13H2,1-2H3,(H,24,25)/t15-/m0/s1. The van der Waals surface area contributed by atoms with Crippen LogP contribution in [0.2, 0.25) is 0 Å². The average molecular weight is 348 g/mol. The lowest BCUT2D eigenvalue weighted by atomic mass is 9.76. The van der Waals surface area contributed by atoms with Crippen LogP contribution < -0.4 is 0 Å². The fourth-order valence-electron chi connectivity index (χ4n) is 4.29. The number of aromatic nitrogens is 2. The van der Waals surface area contributed by atoms with E-state index in [-0.39, 0.29) is 11.3 Å². The number of carboxylic acids is 1. The summed E-state index contributed by atoms with van der Waals surface area (Å²) >= 11 is 0. The maximum Gasteiger partial charge on any atom is 0.326 e. The Bertz CT molecular complexity index is 610. The van der Waals surface area contributed by atoms with Crippen LogP contribution in [0.25, 0.3) is 0 Å². The van der Waals surface area contributed by atoms with Crippen molar-refractivity contribution < 1.29 is 14.7 Å². The molecule has 1 atom stereocenters. The topological polar surface area (TPSA) is 78.7 Å². The molecule has 2 aliphatic rings. The molecule has 1 aromatic heterocycles. The maximum atomic E-state index is 11.8. The summed E-state index contributed by atoms with van der Waals surface area (Å²) in [6.07, 6.45) is 7.44. The van der Waals surface area contributed by atoms with Crippen molar-refractivity contribution in [1.29, 1.82) is 0 Å². The molecule has 1 spiro atoms. The minimum absolute atomic E-state index is 0.0376. The molecule has 1 amide bonds. The molecule has 2 saturated heterocycles. The molecule has 1 N–H and O–H groups in total. The van der Waals surface area contributed by atoms with Gasteiger partial charge >= 0.3 is 5.97 Å². The molecular weight excluding hydrogens is 320 g/mol. The Morgan fingerprint density at radius 3 is 2.64 bits per heavy atom. The van der Waals surface area contributed by atoms with Crippen LogP contribution in [0, 0.1) is 5.41 Å². The lowest BCUT2D eigenvalue weighted by molar-refractivity contribution is -0.147. The smallest absolute Gasteiger partial charge is 0.326 e. The van der Waals surface area contributed by atoms with E-state index in [1.165, 1.54) is 6.92 Å². The largest absolute Gasteiger partial charge is 0.480 e. The van der Waals surface area contributed by atoms with E-state index in [1.54, 1.807) is 4.90 Å². The summed E-state index contributed by atoms with van der Waals surface area (Å²) in [4.78, 5) is 31.7. The van der Waals surface area contributed by atoms with Crippen molar-refractivity contribution in [2.24, 2.45) is 5.41 Å². The van der Waals surface area contributed by atoms with Gasteiger partial charge in [0.2, 0.25) is 5.91 Å². The molecule has 138 valence electrons. The Labute approximate surface area is 148 Å². The quantitative estimate of drug-likeness (QED) is 0.874. The molecule has 0 radical (unpaired) electrons. The van der Waals surface area contributed by atoms with E-state index < -0.39 is 12.0 Å². The Kier molecular flexibility index (Phi) is 5.13. The van der Waals surface area contributed by atoms with Gasteiger partial charge in [-0.05, 0) is 44.2 Å². The van der Waals surface area contributed by atoms with Crippen LogP contribution in [0.3, 0.4) is 0 Å². The van der Waals surface area contributed by atoms with Crippen LogP contribution in [-0.4, -0.2) is 62.0 Å². The van der Waals surface area contributed by atoms with Gasteiger partial charge in [-0.1, -0.05) is 6.92 Å². The third-order valence-corrected chi connectivity index (χ3v) is 5.75. The van der Waals surface area contributed by atoms with Crippen molar-refractivity contribution >= 4 is 11.9 Å². The van der Waals surface area contributed by atoms with E-state index in [9.17, 15) is 14.7 Å². The van der Waals surface area contributed by atoms with Gasteiger partial charge < -0.3 is 14.6 Å². The van der Waals surface area contributed by atoms with Crippen molar-refractivity contribution in [2.75, 3.05) is 19.6 Å². The summed E-state index contributed by atoms with van der Waals surface area (Å²) in [6.45, 7) is 7.89. The summed E-state index contributed by atoms with van der Waals surface area (Å²) in [6, 6.07) is -0.660. The summed E-state index contributed by atoms with van der Waals surface area (Å²) in [7, 11) is 0. The first kappa shape index (κ1) is 17.9. The molecule has 0 bridgehead atoms. The van der Waals surface area contributed by atoms with E-state index in [1.807, 2.05) is 12.4 Å². The molecule has 3 heterocycles. The highest BCUT2D eigenvalue weighted by atomic mass is 16.4. The highest BCUT2D eigenvalue weighted by molar-refractivity contribution is 5.83. The first-order valence-corrected chi connectivity index (χ1v) is 9.16. The zero-order valence-corrected chi connectivity index (χ0v) is 15.1.